The van der Waals surface area contributed by atoms with Crippen LogP contribution in [-0.2, 0) is 41.7 Å². The zero-order valence-corrected chi connectivity index (χ0v) is 40.0. The van der Waals surface area contributed by atoms with E-state index in [1.807, 2.05) is 19.9 Å². The molecule has 3 fully saturated rings. The molecule has 5 aliphatic rings. The fraction of sp³-hybridized carbons (Fsp3) is 0.646. The highest BCUT2D eigenvalue weighted by Crippen LogP contribution is 2.49. The number of carbonyl (C=O) groups excluding carboxylic acids is 4. The van der Waals surface area contributed by atoms with E-state index >= 15 is 0 Å². The molecule has 4 atom stereocenters. The minimum atomic E-state index is -4.95. The second-order valence-corrected chi connectivity index (χ2v) is 21.8. The minimum absolute atomic E-state index is 0.00247. The summed E-state index contributed by atoms with van der Waals surface area (Å²) < 4.78 is 90.6. The summed E-state index contributed by atoms with van der Waals surface area (Å²) in [7, 11) is -4.16. The molecule has 0 unspecified atom stereocenters. The van der Waals surface area contributed by atoms with Gasteiger partial charge in [-0.25, -0.2) is 18.2 Å². The maximum Gasteiger partial charge on any atom is 0.437 e. The summed E-state index contributed by atoms with van der Waals surface area (Å²) in [6.45, 7) is 11.9. The highest BCUT2D eigenvalue weighted by atomic mass is 32.2. The fourth-order valence-corrected chi connectivity index (χ4v) is 10.6. The van der Waals surface area contributed by atoms with Crippen LogP contribution in [0, 0.1) is 17.8 Å². The van der Waals surface area contributed by atoms with Crippen LogP contribution in [0.3, 0.4) is 0 Å². The van der Waals surface area contributed by atoms with Gasteiger partial charge < -0.3 is 34.6 Å². The Bertz CT molecular complexity index is 2370. The number of likely N-dealkylation sites (tertiary alicyclic amines) is 2. The van der Waals surface area contributed by atoms with Crippen LogP contribution < -0.4 is 24.8 Å². The number of halogens is 3. The summed E-state index contributed by atoms with van der Waals surface area (Å²) in [4.78, 5) is 63.2. The number of ether oxygens (including phenoxy) is 3. The second kappa shape index (κ2) is 20.0. The third kappa shape index (κ3) is 11.0. The van der Waals surface area contributed by atoms with Crippen LogP contribution in [0.15, 0.2) is 42.5 Å². The number of alkyl halides is 3. The number of amides is 4. The van der Waals surface area contributed by atoms with Gasteiger partial charge in [0.25, 0.3) is 5.91 Å². The van der Waals surface area contributed by atoms with Crippen LogP contribution in [0.4, 0.5) is 18.0 Å². The zero-order valence-electron chi connectivity index (χ0n) is 39.1. The number of rotatable bonds is 18. The van der Waals surface area contributed by atoms with E-state index < -0.39 is 85.8 Å². The van der Waals surface area contributed by atoms with Gasteiger partial charge >= 0.3 is 12.3 Å². The highest BCUT2D eigenvalue weighted by Gasteiger charge is 2.58. The lowest BCUT2D eigenvalue weighted by Crippen LogP contribution is -2.67. The van der Waals surface area contributed by atoms with Gasteiger partial charge in [-0.3, -0.25) is 19.1 Å². The standard InChI is InChI=1S/C48H65F3N6O9S/c1-6-8-9-10-11-12-33-15-20-47(33,43(60)55-67(62,63)45(5)21-22-45)54-42(59)38-26-46(30-57(38)39(58)27-52-44(61)65-28-31(3)4)19-16-35-36-25-34(64-29-32-17-23-56(7-2)24-18-32)13-14-37(36)53-41(40(35)66-46)48(49,50)51/h11-15,20,25,31-33,38H,6-10,16-19,21-24,26-30H2,1-5H3,(H,52,61)(H,54,59)(H,55,60)/b12-11-/t33-,38+,46-,47-/m1/s1. The number of hydrogen-bond donors (Lipinski definition) is 3. The number of carbonyl (C=O) groups is 4. The number of hydrogen-bond acceptors (Lipinski definition) is 11. The average molecular weight is 959 g/mol. The molecule has 2 aliphatic carbocycles. The van der Waals surface area contributed by atoms with Gasteiger partial charge in [0.05, 0.1) is 30.0 Å². The lowest BCUT2D eigenvalue weighted by atomic mass is 9.73. The van der Waals surface area contributed by atoms with Gasteiger partial charge in [0.15, 0.2) is 11.4 Å². The fourth-order valence-electron chi connectivity index (χ4n) is 9.32. The van der Waals surface area contributed by atoms with E-state index in [9.17, 15) is 40.8 Å². The molecule has 19 heteroatoms. The lowest BCUT2D eigenvalue weighted by Gasteiger charge is -2.42. The number of nitrogens with one attached hydrogen (secondary N) is 3. The Morgan fingerprint density at radius 3 is 2.46 bits per heavy atom. The first-order chi connectivity index (χ1) is 31.7. The first kappa shape index (κ1) is 50.0. The van der Waals surface area contributed by atoms with E-state index in [-0.39, 0.29) is 49.4 Å². The summed E-state index contributed by atoms with van der Waals surface area (Å²) in [6.07, 6.45) is 6.84. The molecular weight excluding hydrogens is 894 g/mol. The molecule has 7 rings (SSSR count). The number of fused-ring (bicyclic) bond motifs is 3. The van der Waals surface area contributed by atoms with Gasteiger partial charge in [-0.1, -0.05) is 64.8 Å². The van der Waals surface area contributed by atoms with E-state index in [0.717, 1.165) is 56.6 Å². The SMILES string of the molecule is CCCCC/C=C\[C@@H]1C=C[C@]1(NC(=O)[C@@H]1C[C@]2(CCc3c(c(C(F)(F)F)nc4ccc(OCC5CCN(CC)CC5)cc34)O2)CN1C(=O)CNC(=O)OCC(C)C)C(=O)NS(=O)(=O)C1(C)CC1. The summed E-state index contributed by atoms with van der Waals surface area (Å²) in [5.41, 5.74) is -4.32. The normalized spacial score (nSPS) is 24.9. The molecule has 3 N–H and O–H groups in total. The van der Waals surface area contributed by atoms with Crippen molar-refractivity contribution in [2.24, 2.45) is 17.8 Å². The summed E-state index contributed by atoms with van der Waals surface area (Å²) in [6, 6.07) is 3.37. The third-order valence-corrected chi connectivity index (χ3v) is 16.1. The van der Waals surface area contributed by atoms with Crippen molar-refractivity contribution in [1.82, 2.24) is 30.1 Å². The molecule has 1 spiro atoms. The summed E-state index contributed by atoms with van der Waals surface area (Å²) >= 11 is 0. The van der Waals surface area contributed by atoms with E-state index in [1.54, 1.807) is 24.3 Å². The summed E-state index contributed by atoms with van der Waals surface area (Å²) in [5.74, 6) is -3.07. The van der Waals surface area contributed by atoms with Crippen LogP contribution in [0.25, 0.3) is 10.9 Å². The zero-order chi connectivity index (χ0) is 48.4. The van der Waals surface area contributed by atoms with Crippen LogP contribution >= 0.6 is 0 Å². The van der Waals surface area contributed by atoms with Crippen molar-refractivity contribution in [3.8, 4) is 11.5 Å². The Morgan fingerprint density at radius 1 is 1.07 bits per heavy atom. The molecule has 67 heavy (non-hydrogen) atoms. The maximum absolute atomic E-state index is 15.0. The largest absolute Gasteiger partial charge is 0.493 e. The predicted octanol–water partition coefficient (Wildman–Crippen LogP) is 6.59. The van der Waals surface area contributed by atoms with Crippen LogP contribution in [0.1, 0.15) is 110 Å². The topological polar surface area (TPSA) is 186 Å². The van der Waals surface area contributed by atoms with E-state index in [4.69, 9.17) is 14.2 Å². The van der Waals surface area contributed by atoms with Gasteiger partial charge in [0.1, 0.15) is 29.5 Å². The van der Waals surface area contributed by atoms with Gasteiger partial charge in [0.2, 0.25) is 21.8 Å². The van der Waals surface area contributed by atoms with Crippen LogP contribution in [0.5, 0.6) is 11.5 Å². The molecule has 0 bridgehead atoms. The van der Waals surface area contributed by atoms with Gasteiger partial charge in [0, 0.05) is 23.3 Å². The lowest BCUT2D eigenvalue weighted by molar-refractivity contribution is -0.144. The van der Waals surface area contributed by atoms with Crippen LogP contribution in [0.2, 0.25) is 0 Å². The van der Waals surface area contributed by atoms with Crippen molar-refractivity contribution in [1.29, 1.82) is 0 Å². The molecule has 1 aromatic carbocycles. The predicted molar refractivity (Wildman–Crippen MR) is 245 cm³/mol. The Kier molecular flexibility index (Phi) is 14.9. The van der Waals surface area contributed by atoms with Crippen molar-refractivity contribution in [2.75, 3.05) is 45.9 Å². The Balaban J connectivity index is 1.19. The molecule has 2 saturated heterocycles. The number of aromatic nitrogens is 1. The van der Waals surface area contributed by atoms with Gasteiger partial charge in [-0.15, -0.1) is 0 Å². The van der Waals surface area contributed by atoms with E-state index in [1.165, 1.54) is 19.1 Å². The molecule has 1 aromatic heterocycles. The maximum atomic E-state index is 15.0. The number of unbranched alkanes of at least 4 members (excludes halogenated alkanes) is 3. The molecule has 368 valence electrons. The number of benzene rings is 1. The molecule has 4 heterocycles. The van der Waals surface area contributed by atoms with Crippen molar-refractivity contribution in [3.63, 3.8) is 0 Å². The van der Waals surface area contributed by atoms with Crippen molar-refractivity contribution >= 4 is 44.7 Å². The molecule has 2 aromatic rings. The Hall–Kier alpha value is -4.91. The molecule has 15 nitrogen and oxygen atoms in total. The smallest absolute Gasteiger partial charge is 0.437 e. The molecule has 4 amide bonds. The number of allylic oxidation sites excluding steroid dienone is 1. The number of nitrogens with zero attached hydrogens (tertiary/aromatic N) is 3. The first-order valence-electron chi connectivity index (χ1n) is 23.7. The van der Waals surface area contributed by atoms with Crippen molar-refractivity contribution in [3.05, 3.63) is 53.8 Å². The van der Waals surface area contributed by atoms with E-state index in [0.29, 0.717) is 42.9 Å². The molecule has 0 radical (unpaired) electrons. The van der Waals surface area contributed by atoms with Crippen LogP contribution in [-0.4, -0.2) is 115 Å². The van der Waals surface area contributed by atoms with Crippen molar-refractivity contribution < 1.29 is 55.0 Å². The second-order valence-electron chi connectivity index (χ2n) is 19.6. The Labute approximate surface area is 391 Å². The number of alkyl carbamates (subject to hydrolysis) is 1. The Morgan fingerprint density at radius 2 is 1.82 bits per heavy atom. The van der Waals surface area contributed by atoms with Gasteiger partial charge in [-0.05, 0) is 108 Å². The number of pyridine rings is 1. The quantitative estimate of drug-likeness (QED) is 0.108. The minimum Gasteiger partial charge on any atom is -0.493 e. The average Bonchev–Trinajstić information content (AvgIpc) is 3.95. The van der Waals surface area contributed by atoms with Gasteiger partial charge in [-0.2, -0.15) is 13.2 Å². The number of aryl methyl sites for hydroxylation is 1. The monoisotopic (exact) mass is 958 g/mol. The first-order valence-corrected chi connectivity index (χ1v) is 25.2. The van der Waals surface area contributed by atoms with E-state index in [2.05, 4.69) is 39.1 Å². The summed E-state index contributed by atoms with van der Waals surface area (Å²) in [5, 5.41) is 5.60. The molecule has 1 saturated carbocycles. The molecule has 3 aliphatic heterocycles. The number of piperidine rings is 1. The molecular formula is C48H65F3N6O9S. The highest BCUT2D eigenvalue weighted by molar-refractivity contribution is 7.91. The van der Waals surface area contributed by atoms with Crippen molar-refractivity contribution in [2.45, 2.75) is 133 Å². The number of sulfonamides is 1. The third-order valence-electron chi connectivity index (χ3n) is 14.0.